The van der Waals surface area contributed by atoms with Gasteiger partial charge in [0.2, 0.25) is 5.91 Å². The number of Topliss-reactive ketones (excluding diaryl/α,β-unsaturated/α-hetero) is 1. The van der Waals surface area contributed by atoms with E-state index in [0.29, 0.717) is 23.8 Å². The van der Waals surface area contributed by atoms with Crippen molar-refractivity contribution in [3.05, 3.63) is 65.2 Å². The van der Waals surface area contributed by atoms with Crippen molar-refractivity contribution in [3.8, 4) is 0 Å². The molecule has 4 heteroatoms. The van der Waals surface area contributed by atoms with Crippen LogP contribution in [0.15, 0.2) is 48.5 Å². The molecule has 1 aliphatic carbocycles. The second kappa shape index (κ2) is 6.97. The van der Waals surface area contributed by atoms with Gasteiger partial charge in [0.05, 0.1) is 6.54 Å². The molecule has 1 aliphatic rings. The SMILES string of the molecule is CC(=O)c1ccc(NC(=O)CN(C)C2CCc3ccccc32)cc1. The van der Waals surface area contributed by atoms with Crippen molar-refractivity contribution >= 4 is 17.4 Å². The normalized spacial score (nSPS) is 16.0. The zero-order chi connectivity index (χ0) is 17.1. The van der Waals surface area contributed by atoms with Gasteiger partial charge in [-0.1, -0.05) is 24.3 Å². The van der Waals surface area contributed by atoms with E-state index in [1.165, 1.54) is 18.1 Å². The van der Waals surface area contributed by atoms with E-state index in [1.54, 1.807) is 24.3 Å². The third-order valence-corrected chi connectivity index (χ3v) is 4.60. The van der Waals surface area contributed by atoms with Crippen LogP contribution in [-0.2, 0) is 11.2 Å². The molecule has 0 spiro atoms. The summed E-state index contributed by atoms with van der Waals surface area (Å²) in [6, 6.07) is 15.7. The Labute approximate surface area is 142 Å². The summed E-state index contributed by atoms with van der Waals surface area (Å²) >= 11 is 0. The number of nitrogens with one attached hydrogen (secondary N) is 1. The maximum absolute atomic E-state index is 12.3. The molecule has 0 aliphatic heterocycles. The molecule has 0 saturated carbocycles. The number of carbonyl (C=O) groups excluding carboxylic acids is 2. The summed E-state index contributed by atoms with van der Waals surface area (Å²) in [5, 5.41) is 2.89. The number of carbonyl (C=O) groups is 2. The first-order chi connectivity index (χ1) is 11.5. The summed E-state index contributed by atoms with van der Waals surface area (Å²) in [6.07, 6.45) is 2.12. The van der Waals surface area contributed by atoms with E-state index in [1.807, 2.05) is 7.05 Å². The molecule has 0 bridgehead atoms. The van der Waals surface area contributed by atoms with Crippen molar-refractivity contribution in [3.63, 3.8) is 0 Å². The number of hydrogen-bond donors (Lipinski definition) is 1. The number of ketones is 1. The quantitative estimate of drug-likeness (QED) is 0.858. The van der Waals surface area contributed by atoms with E-state index >= 15 is 0 Å². The van der Waals surface area contributed by atoms with Gasteiger partial charge >= 0.3 is 0 Å². The Bertz CT molecular complexity index is 752. The van der Waals surface area contributed by atoms with Gasteiger partial charge in [-0.05, 0) is 62.2 Å². The average molecular weight is 322 g/mol. The second-order valence-corrected chi connectivity index (χ2v) is 6.35. The monoisotopic (exact) mass is 322 g/mol. The highest BCUT2D eigenvalue weighted by atomic mass is 16.2. The van der Waals surface area contributed by atoms with Gasteiger partial charge < -0.3 is 5.32 Å². The van der Waals surface area contributed by atoms with Crippen molar-refractivity contribution in [1.82, 2.24) is 4.90 Å². The molecule has 1 amide bonds. The maximum Gasteiger partial charge on any atom is 0.238 e. The molecule has 4 nitrogen and oxygen atoms in total. The lowest BCUT2D eigenvalue weighted by Gasteiger charge is -2.24. The molecule has 124 valence electrons. The summed E-state index contributed by atoms with van der Waals surface area (Å²) in [4.78, 5) is 25.7. The Kier molecular flexibility index (Phi) is 4.76. The molecule has 1 unspecified atom stereocenters. The van der Waals surface area contributed by atoms with Gasteiger partial charge in [-0.3, -0.25) is 14.5 Å². The number of amides is 1. The van der Waals surface area contributed by atoms with Gasteiger partial charge in [0.1, 0.15) is 0 Å². The lowest BCUT2D eigenvalue weighted by molar-refractivity contribution is -0.117. The van der Waals surface area contributed by atoms with E-state index in [9.17, 15) is 9.59 Å². The van der Waals surface area contributed by atoms with Crippen LogP contribution in [0, 0.1) is 0 Å². The fourth-order valence-corrected chi connectivity index (χ4v) is 3.32. The predicted molar refractivity (Wildman–Crippen MR) is 95.2 cm³/mol. The standard InChI is InChI=1S/C20H22N2O2/c1-14(23)15-7-10-17(11-8-15)21-20(24)13-22(2)19-12-9-16-5-3-4-6-18(16)19/h3-8,10-11,19H,9,12-13H2,1-2H3,(H,21,24). The van der Waals surface area contributed by atoms with Gasteiger partial charge in [-0.15, -0.1) is 0 Å². The van der Waals surface area contributed by atoms with Gasteiger partial charge in [-0.2, -0.15) is 0 Å². The largest absolute Gasteiger partial charge is 0.325 e. The average Bonchev–Trinajstić information content (AvgIpc) is 2.99. The number of benzene rings is 2. The van der Waals surface area contributed by atoms with Crippen molar-refractivity contribution in [1.29, 1.82) is 0 Å². The molecule has 2 aromatic carbocycles. The van der Waals surface area contributed by atoms with E-state index < -0.39 is 0 Å². The van der Waals surface area contributed by atoms with Crippen molar-refractivity contribution < 1.29 is 9.59 Å². The Morgan fingerprint density at radius 3 is 2.54 bits per heavy atom. The highest BCUT2D eigenvalue weighted by molar-refractivity contribution is 5.96. The van der Waals surface area contributed by atoms with Gasteiger partial charge in [-0.25, -0.2) is 0 Å². The van der Waals surface area contributed by atoms with Crippen LogP contribution in [-0.4, -0.2) is 30.2 Å². The lowest BCUT2D eigenvalue weighted by Crippen LogP contribution is -2.32. The first kappa shape index (κ1) is 16.4. The van der Waals surface area contributed by atoms with E-state index in [0.717, 1.165) is 12.8 Å². The van der Waals surface area contributed by atoms with Gasteiger partial charge in [0, 0.05) is 17.3 Å². The first-order valence-corrected chi connectivity index (χ1v) is 8.23. The highest BCUT2D eigenvalue weighted by Gasteiger charge is 2.26. The Balaban J connectivity index is 1.60. The third-order valence-electron chi connectivity index (χ3n) is 4.60. The number of aryl methyl sites for hydroxylation is 1. The van der Waals surface area contributed by atoms with Crippen LogP contribution in [0.3, 0.4) is 0 Å². The maximum atomic E-state index is 12.3. The fourth-order valence-electron chi connectivity index (χ4n) is 3.32. The van der Waals surface area contributed by atoms with E-state index in [4.69, 9.17) is 0 Å². The van der Waals surface area contributed by atoms with Crippen molar-refractivity contribution in [2.75, 3.05) is 18.9 Å². The minimum absolute atomic E-state index is 0.0208. The minimum atomic E-state index is -0.0440. The summed E-state index contributed by atoms with van der Waals surface area (Å²) in [7, 11) is 1.99. The molecule has 3 rings (SSSR count). The summed E-state index contributed by atoms with van der Waals surface area (Å²) in [5.74, 6) is -0.0232. The Morgan fingerprint density at radius 2 is 1.83 bits per heavy atom. The van der Waals surface area contributed by atoms with E-state index in [-0.39, 0.29) is 11.7 Å². The van der Waals surface area contributed by atoms with Crippen LogP contribution in [0.1, 0.15) is 40.9 Å². The summed E-state index contributed by atoms with van der Waals surface area (Å²) in [5.41, 5.74) is 4.08. The minimum Gasteiger partial charge on any atom is -0.325 e. The molecule has 0 radical (unpaired) electrons. The fraction of sp³-hybridized carbons (Fsp3) is 0.300. The number of rotatable bonds is 5. The van der Waals surface area contributed by atoms with Crippen LogP contribution in [0.5, 0.6) is 0 Å². The summed E-state index contributed by atoms with van der Waals surface area (Å²) < 4.78 is 0. The number of anilines is 1. The molecule has 0 fully saturated rings. The summed E-state index contributed by atoms with van der Waals surface area (Å²) in [6.45, 7) is 1.87. The predicted octanol–water partition coefficient (Wildman–Crippen LogP) is 3.45. The smallest absolute Gasteiger partial charge is 0.238 e. The molecule has 24 heavy (non-hydrogen) atoms. The lowest BCUT2D eigenvalue weighted by atomic mass is 10.1. The van der Waals surface area contributed by atoms with Crippen LogP contribution in [0.2, 0.25) is 0 Å². The number of fused-ring (bicyclic) bond motifs is 1. The van der Waals surface area contributed by atoms with Crippen LogP contribution in [0.25, 0.3) is 0 Å². The van der Waals surface area contributed by atoms with Crippen LogP contribution >= 0.6 is 0 Å². The third kappa shape index (κ3) is 3.54. The number of likely N-dealkylation sites (N-methyl/N-ethyl adjacent to an activating group) is 1. The molecule has 1 atom stereocenters. The van der Waals surface area contributed by atoms with Gasteiger partial charge in [0.15, 0.2) is 5.78 Å². The van der Waals surface area contributed by atoms with Gasteiger partial charge in [0.25, 0.3) is 0 Å². The Morgan fingerprint density at radius 1 is 1.12 bits per heavy atom. The van der Waals surface area contributed by atoms with Crippen molar-refractivity contribution in [2.24, 2.45) is 0 Å². The first-order valence-electron chi connectivity index (χ1n) is 8.23. The number of hydrogen-bond acceptors (Lipinski definition) is 3. The molecule has 0 heterocycles. The molecule has 0 saturated heterocycles. The molecule has 0 aromatic heterocycles. The molecular formula is C20H22N2O2. The zero-order valence-corrected chi connectivity index (χ0v) is 14.1. The molecule has 1 N–H and O–H groups in total. The van der Waals surface area contributed by atoms with Crippen LogP contribution in [0.4, 0.5) is 5.69 Å². The van der Waals surface area contributed by atoms with E-state index in [2.05, 4.69) is 34.5 Å². The second-order valence-electron chi connectivity index (χ2n) is 6.35. The molecular weight excluding hydrogens is 300 g/mol. The highest BCUT2D eigenvalue weighted by Crippen LogP contribution is 2.34. The molecule has 2 aromatic rings. The van der Waals surface area contributed by atoms with Crippen molar-refractivity contribution in [2.45, 2.75) is 25.8 Å². The Hall–Kier alpha value is -2.46. The zero-order valence-electron chi connectivity index (χ0n) is 14.1. The number of nitrogens with zero attached hydrogens (tertiary/aromatic N) is 1. The topological polar surface area (TPSA) is 49.4 Å². The van der Waals surface area contributed by atoms with Crippen LogP contribution < -0.4 is 5.32 Å².